The molecule has 0 unspecified atom stereocenters. The molecule has 3 N–H and O–H groups in total. The summed E-state index contributed by atoms with van der Waals surface area (Å²) in [6, 6.07) is 9.98. The highest BCUT2D eigenvalue weighted by molar-refractivity contribution is 5.73. The largest absolute Gasteiger partial charge is 0.490 e. The number of anilines is 1. The molecule has 2 fully saturated rings. The first-order chi connectivity index (χ1) is 18.2. The van der Waals surface area contributed by atoms with Crippen LogP contribution in [0.2, 0.25) is 0 Å². The van der Waals surface area contributed by atoms with Crippen molar-refractivity contribution in [3.8, 4) is 5.88 Å². The molecule has 2 saturated heterocycles. The molecular weight excluding hydrogens is 542 g/mol. The lowest BCUT2D eigenvalue weighted by Crippen LogP contribution is -2.27. The number of halogens is 6. The van der Waals surface area contributed by atoms with Crippen LogP contribution < -0.4 is 10.1 Å². The van der Waals surface area contributed by atoms with Crippen LogP contribution in [0, 0.1) is 11.8 Å². The van der Waals surface area contributed by atoms with Gasteiger partial charge in [0.05, 0.1) is 19.8 Å². The molecule has 3 atom stereocenters. The number of rotatable bonds is 6. The molecule has 0 aliphatic carbocycles. The molecule has 16 heteroatoms. The maximum absolute atomic E-state index is 10.6. The Morgan fingerprint density at radius 1 is 1.03 bits per heavy atom. The highest BCUT2D eigenvalue weighted by Gasteiger charge is 2.43. The molecule has 0 bridgehead atoms. The van der Waals surface area contributed by atoms with E-state index in [1.807, 2.05) is 30.5 Å². The molecule has 2 aliphatic heterocycles. The number of carboxylic acids is 2. The fourth-order valence-electron chi connectivity index (χ4n) is 3.89. The number of methoxy groups -OCH3 is 1. The van der Waals surface area contributed by atoms with Crippen molar-refractivity contribution in [1.82, 2.24) is 14.9 Å². The van der Waals surface area contributed by atoms with Gasteiger partial charge >= 0.3 is 24.3 Å². The van der Waals surface area contributed by atoms with E-state index in [0.717, 1.165) is 44.2 Å². The third-order valence-electron chi connectivity index (χ3n) is 5.65. The van der Waals surface area contributed by atoms with Crippen molar-refractivity contribution in [3.63, 3.8) is 0 Å². The summed E-state index contributed by atoms with van der Waals surface area (Å²) < 4.78 is 74.9. The van der Waals surface area contributed by atoms with E-state index in [-0.39, 0.29) is 0 Å². The minimum atomic E-state index is -5.08. The van der Waals surface area contributed by atoms with Crippen LogP contribution in [0.4, 0.5) is 32.2 Å². The number of nitrogens with zero attached hydrogens (tertiary/aromatic N) is 3. The molecular formula is C23H26F6N4O6. The minimum absolute atomic E-state index is 0.332. The fraction of sp³-hybridized carbons (Fsp3) is 0.478. The number of pyridine rings is 2. The van der Waals surface area contributed by atoms with E-state index < -0.39 is 24.3 Å². The zero-order valence-electron chi connectivity index (χ0n) is 20.4. The number of likely N-dealkylation sites (tertiary alicyclic amines) is 1. The number of hydrogen-bond acceptors (Lipinski definition) is 8. The first-order valence-corrected chi connectivity index (χ1v) is 11.3. The number of alkyl halides is 6. The molecule has 4 heterocycles. The van der Waals surface area contributed by atoms with Gasteiger partial charge in [0.1, 0.15) is 5.82 Å². The zero-order chi connectivity index (χ0) is 29.2. The fourth-order valence-corrected chi connectivity index (χ4v) is 3.89. The van der Waals surface area contributed by atoms with Crippen molar-refractivity contribution in [2.75, 3.05) is 38.7 Å². The van der Waals surface area contributed by atoms with Gasteiger partial charge in [-0.2, -0.15) is 26.3 Å². The first-order valence-electron chi connectivity index (χ1n) is 11.3. The van der Waals surface area contributed by atoms with Crippen LogP contribution in [0.25, 0.3) is 0 Å². The molecule has 0 saturated carbocycles. The molecule has 2 aromatic rings. The van der Waals surface area contributed by atoms with E-state index >= 15 is 0 Å². The summed E-state index contributed by atoms with van der Waals surface area (Å²) in [6.07, 6.45) is -6.25. The Morgan fingerprint density at radius 3 is 2.18 bits per heavy atom. The van der Waals surface area contributed by atoms with Gasteiger partial charge in [-0.25, -0.2) is 19.6 Å². The summed E-state index contributed by atoms with van der Waals surface area (Å²) in [4.78, 5) is 28.9. The quantitative estimate of drug-likeness (QED) is 0.446. The van der Waals surface area contributed by atoms with Crippen LogP contribution in [0.5, 0.6) is 5.88 Å². The molecule has 0 amide bonds. The Kier molecular flexibility index (Phi) is 11.3. The van der Waals surface area contributed by atoms with Crippen molar-refractivity contribution < 1.29 is 55.6 Å². The van der Waals surface area contributed by atoms with Gasteiger partial charge in [0, 0.05) is 56.0 Å². The van der Waals surface area contributed by atoms with Crippen LogP contribution in [0.15, 0.2) is 42.7 Å². The van der Waals surface area contributed by atoms with Crippen LogP contribution in [-0.4, -0.2) is 88.8 Å². The first kappa shape index (κ1) is 31.6. The summed E-state index contributed by atoms with van der Waals surface area (Å²) in [5.74, 6) is -2.78. The number of carbonyl (C=O) groups is 2. The SMILES string of the molecule is COc1ncccc1CN1C[C@@H]2[C@@H](CNc3ccccn3)CO[C@@H]2C1.O=C(O)C(F)(F)F.O=C(O)C(F)(F)F. The Balaban J connectivity index is 0.000000317. The average molecular weight is 568 g/mol. The van der Waals surface area contributed by atoms with Crippen LogP contribution >= 0.6 is 0 Å². The Morgan fingerprint density at radius 2 is 1.64 bits per heavy atom. The summed E-state index contributed by atoms with van der Waals surface area (Å²) in [5.41, 5.74) is 1.13. The predicted molar refractivity (Wildman–Crippen MR) is 123 cm³/mol. The van der Waals surface area contributed by atoms with E-state index in [0.29, 0.717) is 23.8 Å². The van der Waals surface area contributed by atoms with Gasteiger partial charge in [-0.1, -0.05) is 12.1 Å². The second kappa shape index (κ2) is 13.9. The normalized spacial score (nSPS) is 20.5. The lowest BCUT2D eigenvalue weighted by Gasteiger charge is -2.20. The molecule has 0 radical (unpaired) electrons. The molecule has 4 rings (SSSR count). The Bertz CT molecular complexity index is 1050. The van der Waals surface area contributed by atoms with Gasteiger partial charge in [-0.05, 0) is 18.2 Å². The molecule has 10 nitrogen and oxygen atoms in total. The topological polar surface area (TPSA) is 134 Å². The lowest BCUT2D eigenvalue weighted by molar-refractivity contribution is -0.193. The number of aromatic nitrogens is 2. The molecule has 0 spiro atoms. The lowest BCUT2D eigenvalue weighted by atomic mass is 9.93. The van der Waals surface area contributed by atoms with E-state index in [4.69, 9.17) is 29.3 Å². The van der Waals surface area contributed by atoms with Crippen molar-refractivity contribution in [2.24, 2.45) is 11.8 Å². The van der Waals surface area contributed by atoms with Gasteiger partial charge in [0.2, 0.25) is 5.88 Å². The maximum atomic E-state index is 10.6. The van der Waals surface area contributed by atoms with Crippen molar-refractivity contribution in [2.45, 2.75) is 25.0 Å². The zero-order valence-corrected chi connectivity index (χ0v) is 20.4. The van der Waals surface area contributed by atoms with Crippen molar-refractivity contribution in [1.29, 1.82) is 0 Å². The number of nitrogens with one attached hydrogen (secondary N) is 1. The van der Waals surface area contributed by atoms with E-state index in [2.05, 4.69) is 26.3 Å². The average Bonchev–Trinajstić information content (AvgIpc) is 3.44. The molecule has 2 aromatic heterocycles. The van der Waals surface area contributed by atoms with Crippen LogP contribution in [0.1, 0.15) is 5.56 Å². The third-order valence-corrected chi connectivity index (χ3v) is 5.65. The molecule has 39 heavy (non-hydrogen) atoms. The number of carboxylic acid groups (broad SMARTS) is 2. The highest BCUT2D eigenvalue weighted by Crippen LogP contribution is 2.35. The molecule has 2 aliphatic rings. The third kappa shape index (κ3) is 10.2. The minimum Gasteiger partial charge on any atom is -0.481 e. The van der Waals surface area contributed by atoms with E-state index in [1.165, 1.54) is 0 Å². The number of fused-ring (bicyclic) bond motifs is 1. The summed E-state index contributed by atoms with van der Waals surface area (Å²) in [7, 11) is 1.67. The monoisotopic (exact) mass is 568 g/mol. The van der Waals surface area contributed by atoms with E-state index in [1.54, 1.807) is 13.3 Å². The second-order valence-corrected chi connectivity index (χ2v) is 8.36. The maximum Gasteiger partial charge on any atom is 0.490 e. The van der Waals surface area contributed by atoms with Crippen LogP contribution in [0.3, 0.4) is 0 Å². The molecule has 0 aromatic carbocycles. The van der Waals surface area contributed by atoms with Gasteiger partial charge in [0.25, 0.3) is 0 Å². The number of ether oxygens (including phenoxy) is 2. The van der Waals surface area contributed by atoms with Crippen molar-refractivity contribution in [3.05, 3.63) is 48.3 Å². The smallest absolute Gasteiger partial charge is 0.481 e. The molecule has 216 valence electrons. The van der Waals surface area contributed by atoms with Gasteiger partial charge < -0.3 is 25.0 Å². The van der Waals surface area contributed by atoms with Gasteiger partial charge in [-0.3, -0.25) is 4.90 Å². The van der Waals surface area contributed by atoms with Gasteiger partial charge in [0.15, 0.2) is 0 Å². The predicted octanol–water partition coefficient (Wildman–Crippen LogP) is 3.31. The van der Waals surface area contributed by atoms with Crippen molar-refractivity contribution >= 4 is 17.8 Å². The Labute approximate surface area is 218 Å². The highest BCUT2D eigenvalue weighted by atomic mass is 19.4. The standard InChI is InChI=1S/C19H24N4O2.2C2HF3O2/c1-24-19-14(5-4-8-21-19)10-23-11-16-15(13-25-17(16)12-23)9-22-18-6-2-3-7-20-18;2*3-2(4,5)1(6)7/h2-8,15-17H,9-13H2,1H3,(H,20,22);2*(H,6,7)/t15-,16+,17+;;/m0../s1. The van der Waals surface area contributed by atoms with Gasteiger partial charge in [-0.15, -0.1) is 0 Å². The summed E-state index contributed by atoms with van der Waals surface area (Å²) >= 11 is 0. The second-order valence-electron chi connectivity index (χ2n) is 8.36. The number of hydrogen-bond donors (Lipinski definition) is 3. The van der Waals surface area contributed by atoms with Crippen LogP contribution in [-0.2, 0) is 20.9 Å². The summed E-state index contributed by atoms with van der Waals surface area (Å²) in [6.45, 7) is 4.62. The van der Waals surface area contributed by atoms with E-state index in [9.17, 15) is 26.3 Å². The Hall–Kier alpha value is -3.66. The summed E-state index contributed by atoms with van der Waals surface area (Å²) in [5, 5.41) is 17.7. The number of aliphatic carboxylic acids is 2.